The Labute approximate surface area is 227 Å². The van der Waals surface area contributed by atoms with Gasteiger partial charge in [0.05, 0.1) is 0 Å². The number of esters is 2. The number of carbonyl (C=O) groups excluding carboxylic acids is 4. The van der Waals surface area contributed by atoms with Gasteiger partial charge >= 0.3 is 11.9 Å². The monoisotopic (exact) mass is 522 g/mol. The third-order valence-electron chi connectivity index (χ3n) is 8.47. The van der Waals surface area contributed by atoms with Crippen molar-refractivity contribution in [3.05, 3.63) is 68.8 Å². The van der Waals surface area contributed by atoms with Crippen molar-refractivity contribution in [2.75, 3.05) is 0 Å². The maximum atomic E-state index is 13.0. The van der Waals surface area contributed by atoms with E-state index in [4.69, 9.17) is 9.47 Å². The predicted molar refractivity (Wildman–Crippen MR) is 149 cm³/mol. The summed E-state index contributed by atoms with van der Waals surface area (Å²) in [5.74, 6) is -3.32. The smallest absolute Gasteiger partial charge is 0.379 e. The number of ketones is 2. The fourth-order valence-corrected chi connectivity index (χ4v) is 4.62. The summed E-state index contributed by atoms with van der Waals surface area (Å²) in [6.07, 6.45) is 0.727. The van der Waals surface area contributed by atoms with E-state index in [-0.39, 0.29) is 0 Å². The highest BCUT2D eigenvalue weighted by Gasteiger charge is 2.42. The Morgan fingerprint density at radius 1 is 0.684 bits per heavy atom. The van der Waals surface area contributed by atoms with Gasteiger partial charge in [-0.15, -0.1) is 0 Å². The molecular weight excluding hydrogens is 480 g/mol. The first kappa shape index (κ1) is 30.9. The first-order valence-corrected chi connectivity index (χ1v) is 13.3. The zero-order valence-electron chi connectivity index (χ0n) is 24.5. The fourth-order valence-electron chi connectivity index (χ4n) is 4.62. The minimum absolute atomic E-state index is 0.314. The van der Waals surface area contributed by atoms with E-state index in [1.54, 1.807) is 26.0 Å². The molecule has 0 spiro atoms. The van der Waals surface area contributed by atoms with Gasteiger partial charge in [0.15, 0.2) is 0 Å². The maximum absolute atomic E-state index is 13.0. The van der Waals surface area contributed by atoms with Crippen LogP contribution >= 0.6 is 0 Å². The summed E-state index contributed by atoms with van der Waals surface area (Å²) in [5, 5.41) is 0. The van der Waals surface area contributed by atoms with E-state index >= 15 is 0 Å². The Bertz CT molecular complexity index is 1150. The van der Waals surface area contributed by atoms with Gasteiger partial charge in [0, 0.05) is 16.5 Å². The molecule has 0 aliphatic carbocycles. The van der Waals surface area contributed by atoms with E-state index in [0.29, 0.717) is 17.5 Å². The topological polar surface area (TPSA) is 86.7 Å². The molecule has 0 radical (unpaired) electrons. The van der Waals surface area contributed by atoms with Crippen LogP contribution in [0.3, 0.4) is 0 Å². The lowest BCUT2D eigenvalue weighted by atomic mass is 9.75. The van der Waals surface area contributed by atoms with E-state index in [2.05, 4.69) is 0 Å². The summed E-state index contributed by atoms with van der Waals surface area (Å²) in [7, 11) is 0. The van der Waals surface area contributed by atoms with Crippen LogP contribution in [-0.4, -0.2) is 35.7 Å². The quantitative estimate of drug-likeness (QED) is 0.186. The molecule has 0 heterocycles. The van der Waals surface area contributed by atoms with Gasteiger partial charge in [0.1, 0.15) is 12.2 Å². The number of hydrogen-bond donors (Lipinski definition) is 0. The van der Waals surface area contributed by atoms with Crippen LogP contribution in [0.1, 0.15) is 101 Å². The van der Waals surface area contributed by atoms with Crippen molar-refractivity contribution in [2.45, 2.75) is 101 Å². The Hall–Kier alpha value is -3.28. The van der Waals surface area contributed by atoms with Crippen molar-refractivity contribution in [1.29, 1.82) is 0 Å². The molecule has 0 amide bonds. The van der Waals surface area contributed by atoms with Gasteiger partial charge in [-0.05, 0) is 95.2 Å². The van der Waals surface area contributed by atoms with Crippen LogP contribution in [0.4, 0.5) is 0 Å². The molecule has 2 rings (SSSR count). The average Bonchev–Trinajstić information content (AvgIpc) is 2.88. The lowest BCUT2D eigenvalue weighted by molar-refractivity contribution is -0.164. The first-order chi connectivity index (χ1) is 17.7. The highest BCUT2D eigenvalue weighted by molar-refractivity contribution is 6.41. The molecule has 6 nitrogen and oxygen atoms in total. The molecule has 0 saturated carbocycles. The van der Waals surface area contributed by atoms with E-state index in [1.807, 2.05) is 67.5 Å². The standard InChI is InChI=1S/C32H42O6/c1-11-12-17-32(10,24(8)37-30(35)28(33)26-15-13-18(2)20(4)22(26)6)25(9)38-31(36)29(34)27-16-14-19(3)21(5)23(27)7/h13-16,24-25H,11-12,17H2,1-10H3. The normalized spacial score (nSPS) is 14.3. The largest absolute Gasteiger partial charge is 0.456 e. The van der Waals surface area contributed by atoms with Gasteiger partial charge in [0.2, 0.25) is 0 Å². The van der Waals surface area contributed by atoms with Crippen LogP contribution in [0.25, 0.3) is 0 Å². The van der Waals surface area contributed by atoms with Crippen molar-refractivity contribution in [3.63, 3.8) is 0 Å². The molecule has 2 atom stereocenters. The van der Waals surface area contributed by atoms with Crippen molar-refractivity contribution in [1.82, 2.24) is 0 Å². The zero-order chi connectivity index (χ0) is 28.9. The molecular formula is C32H42O6. The van der Waals surface area contributed by atoms with Gasteiger partial charge in [-0.1, -0.05) is 51.0 Å². The molecule has 2 unspecified atom stereocenters. The Morgan fingerprint density at radius 2 is 1.05 bits per heavy atom. The summed E-state index contributed by atoms with van der Waals surface area (Å²) in [6.45, 7) is 18.6. The number of carbonyl (C=O) groups is 4. The molecule has 2 aromatic carbocycles. The summed E-state index contributed by atoms with van der Waals surface area (Å²) >= 11 is 0. The van der Waals surface area contributed by atoms with Crippen LogP contribution in [0.15, 0.2) is 24.3 Å². The summed E-state index contributed by atoms with van der Waals surface area (Å²) in [4.78, 5) is 51.8. The summed E-state index contributed by atoms with van der Waals surface area (Å²) < 4.78 is 11.4. The number of benzene rings is 2. The van der Waals surface area contributed by atoms with Crippen LogP contribution < -0.4 is 0 Å². The van der Waals surface area contributed by atoms with E-state index in [0.717, 1.165) is 46.2 Å². The Morgan fingerprint density at radius 3 is 1.39 bits per heavy atom. The molecule has 0 saturated heterocycles. The van der Waals surface area contributed by atoms with Crippen LogP contribution in [-0.2, 0) is 19.1 Å². The molecule has 0 fully saturated rings. The minimum Gasteiger partial charge on any atom is -0.456 e. The van der Waals surface area contributed by atoms with Crippen LogP contribution in [0.2, 0.25) is 0 Å². The SMILES string of the molecule is CCCCC(C)(C(C)OC(=O)C(=O)c1ccc(C)c(C)c1C)C(C)OC(=O)C(=O)c1ccc(C)c(C)c1C. The molecule has 206 valence electrons. The number of aryl methyl sites for hydroxylation is 2. The molecule has 38 heavy (non-hydrogen) atoms. The van der Waals surface area contributed by atoms with E-state index in [1.165, 1.54) is 0 Å². The lowest BCUT2D eigenvalue weighted by Gasteiger charge is -2.39. The highest BCUT2D eigenvalue weighted by atomic mass is 16.6. The fraction of sp³-hybridized carbons (Fsp3) is 0.500. The second-order valence-electron chi connectivity index (χ2n) is 10.7. The molecule has 6 heteroatoms. The predicted octanol–water partition coefficient (Wildman–Crippen LogP) is 6.66. The Kier molecular flexibility index (Phi) is 10.2. The molecule has 0 N–H and O–H groups in total. The van der Waals surface area contributed by atoms with Crippen LogP contribution in [0, 0.1) is 47.0 Å². The number of ether oxygens (including phenoxy) is 2. The first-order valence-electron chi connectivity index (χ1n) is 13.3. The molecule has 0 bridgehead atoms. The van der Waals surface area contributed by atoms with Gasteiger partial charge in [-0.25, -0.2) is 9.59 Å². The zero-order valence-corrected chi connectivity index (χ0v) is 24.5. The summed E-state index contributed by atoms with van der Waals surface area (Å²) in [6, 6.07) is 6.92. The van der Waals surface area contributed by atoms with Crippen LogP contribution in [0.5, 0.6) is 0 Å². The van der Waals surface area contributed by atoms with E-state index in [9.17, 15) is 19.2 Å². The maximum Gasteiger partial charge on any atom is 0.379 e. The summed E-state index contributed by atoms with van der Waals surface area (Å²) in [5.41, 5.74) is 5.28. The van der Waals surface area contributed by atoms with E-state index < -0.39 is 41.1 Å². The van der Waals surface area contributed by atoms with Crippen molar-refractivity contribution >= 4 is 23.5 Å². The number of rotatable bonds is 11. The second-order valence-corrected chi connectivity index (χ2v) is 10.7. The third kappa shape index (κ3) is 6.40. The molecule has 0 aliphatic rings. The highest BCUT2D eigenvalue weighted by Crippen LogP contribution is 2.37. The minimum atomic E-state index is -0.952. The third-order valence-corrected chi connectivity index (χ3v) is 8.47. The van der Waals surface area contributed by atoms with Gasteiger partial charge in [-0.3, -0.25) is 9.59 Å². The molecule has 2 aromatic rings. The molecule has 0 aliphatic heterocycles. The molecule has 0 aromatic heterocycles. The Balaban J connectivity index is 2.25. The van der Waals surface area contributed by atoms with Crippen molar-refractivity contribution < 1.29 is 28.7 Å². The lowest BCUT2D eigenvalue weighted by Crippen LogP contribution is -2.46. The van der Waals surface area contributed by atoms with Crippen molar-refractivity contribution in [2.24, 2.45) is 5.41 Å². The van der Waals surface area contributed by atoms with Gasteiger partial charge < -0.3 is 9.47 Å². The number of Topliss-reactive ketones (excluding diaryl/α,β-unsaturated/α-hetero) is 2. The average molecular weight is 523 g/mol. The number of hydrogen-bond acceptors (Lipinski definition) is 6. The number of unbranched alkanes of at least 4 members (excludes halogenated alkanes) is 1. The van der Waals surface area contributed by atoms with Crippen molar-refractivity contribution in [3.8, 4) is 0 Å². The second kappa shape index (κ2) is 12.5. The van der Waals surface area contributed by atoms with Gasteiger partial charge in [0.25, 0.3) is 11.6 Å². The van der Waals surface area contributed by atoms with Gasteiger partial charge in [-0.2, -0.15) is 0 Å².